The lowest BCUT2D eigenvalue weighted by Gasteiger charge is -2.64. The standard InChI is InChI=1S/C27H32N2O4S/c1-3-14-29-15-13-26-24-19-9-6-10-22(24)33-25(26)21(11-12-27(26,30)23(29)16-19)28-34(31,32)17-20-8-5-4-7-18(20)2/h3-10,21,23,25,28,30H,1,11-17H2,2H3/t21-,23-,25+,26+,27-/m1/s1. The number of sulfonamides is 1. The van der Waals surface area contributed by atoms with Crippen molar-refractivity contribution in [2.75, 3.05) is 13.1 Å². The van der Waals surface area contributed by atoms with Gasteiger partial charge in [0.05, 0.1) is 22.8 Å². The monoisotopic (exact) mass is 480 g/mol. The summed E-state index contributed by atoms with van der Waals surface area (Å²) in [6.07, 6.45) is 4.06. The van der Waals surface area contributed by atoms with Crippen LogP contribution >= 0.6 is 0 Å². The fraction of sp³-hybridized carbons (Fsp3) is 0.481. The van der Waals surface area contributed by atoms with Gasteiger partial charge in [0.25, 0.3) is 0 Å². The van der Waals surface area contributed by atoms with E-state index in [1.54, 1.807) is 0 Å². The number of aliphatic hydroxyl groups is 1. The van der Waals surface area contributed by atoms with Gasteiger partial charge in [0.1, 0.15) is 11.9 Å². The maximum atomic E-state index is 13.3. The lowest BCUT2D eigenvalue weighted by Crippen LogP contribution is -2.78. The van der Waals surface area contributed by atoms with Crippen LogP contribution < -0.4 is 9.46 Å². The van der Waals surface area contributed by atoms with E-state index in [1.807, 2.05) is 49.4 Å². The highest BCUT2D eigenvalue weighted by Gasteiger charge is 2.72. The van der Waals surface area contributed by atoms with Crippen LogP contribution in [0.15, 0.2) is 55.1 Å². The molecule has 0 radical (unpaired) electrons. The summed E-state index contributed by atoms with van der Waals surface area (Å²) in [5, 5.41) is 12.4. The lowest BCUT2D eigenvalue weighted by atomic mass is 9.48. The molecule has 2 N–H and O–H groups in total. The van der Waals surface area contributed by atoms with Gasteiger partial charge < -0.3 is 9.84 Å². The van der Waals surface area contributed by atoms with Gasteiger partial charge in [0, 0.05) is 18.2 Å². The maximum Gasteiger partial charge on any atom is 0.216 e. The molecule has 4 aliphatic rings. The summed E-state index contributed by atoms with van der Waals surface area (Å²) >= 11 is 0. The fourth-order valence-electron chi connectivity index (χ4n) is 7.36. The number of nitrogens with one attached hydrogen (secondary N) is 1. The van der Waals surface area contributed by atoms with Gasteiger partial charge >= 0.3 is 0 Å². The summed E-state index contributed by atoms with van der Waals surface area (Å²) in [6.45, 7) is 7.42. The van der Waals surface area contributed by atoms with E-state index in [2.05, 4.69) is 22.3 Å². The number of likely N-dealkylation sites (tertiary alicyclic amines) is 1. The Morgan fingerprint density at radius 1 is 1.24 bits per heavy atom. The summed E-state index contributed by atoms with van der Waals surface area (Å²) < 4.78 is 36.1. The van der Waals surface area contributed by atoms with Crippen LogP contribution in [0.25, 0.3) is 0 Å². The second kappa shape index (κ2) is 7.65. The highest BCUT2D eigenvalue weighted by molar-refractivity contribution is 7.88. The Morgan fingerprint density at radius 2 is 2.06 bits per heavy atom. The number of nitrogens with zero attached hydrogens (tertiary/aromatic N) is 1. The molecule has 6 rings (SSSR count). The first-order valence-electron chi connectivity index (χ1n) is 12.2. The van der Waals surface area contributed by atoms with Gasteiger partial charge in [0.2, 0.25) is 10.0 Å². The number of ether oxygens (including phenoxy) is 1. The second-order valence-corrected chi connectivity index (χ2v) is 12.2. The molecule has 1 spiro atoms. The zero-order valence-electron chi connectivity index (χ0n) is 19.5. The number of benzene rings is 2. The van der Waals surface area contributed by atoms with Crippen LogP contribution in [0.5, 0.6) is 5.75 Å². The molecule has 2 aliphatic heterocycles. The molecular formula is C27H32N2O4S. The van der Waals surface area contributed by atoms with Gasteiger partial charge in [-0.25, -0.2) is 13.1 Å². The zero-order chi connectivity index (χ0) is 23.7. The molecule has 2 aromatic carbocycles. The van der Waals surface area contributed by atoms with Crippen molar-refractivity contribution in [2.45, 2.75) is 67.6 Å². The Morgan fingerprint density at radius 3 is 2.85 bits per heavy atom. The second-order valence-electron chi connectivity index (χ2n) is 10.4. The van der Waals surface area contributed by atoms with Crippen LogP contribution in [0.3, 0.4) is 0 Å². The van der Waals surface area contributed by atoms with Gasteiger partial charge in [0.15, 0.2) is 0 Å². The smallest absolute Gasteiger partial charge is 0.216 e. The van der Waals surface area contributed by atoms with Crippen molar-refractivity contribution in [2.24, 2.45) is 0 Å². The number of aryl methyl sites for hydroxylation is 1. The van der Waals surface area contributed by atoms with E-state index in [4.69, 9.17) is 4.74 Å². The first-order valence-corrected chi connectivity index (χ1v) is 13.9. The third kappa shape index (κ3) is 3.00. The molecule has 2 aromatic rings. The normalized spacial score (nSPS) is 33.8. The molecule has 0 amide bonds. The number of rotatable bonds is 6. The predicted octanol–water partition coefficient (Wildman–Crippen LogP) is 2.82. The maximum absolute atomic E-state index is 13.3. The molecule has 7 heteroatoms. The first-order chi connectivity index (χ1) is 16.3. The van der Waals surface area contributed by atoms with Crippen molar-refractivity contribution in [3.8, 4) is 5.75 Å². The van der Waals surface area contributed by atoms with Crippen LogP contribution in [0, 0.1) is 6.92 Å². The third-order valence-electron chi connectivity index (χ3n) is 8.77. The van der Waals surface area contributed by atoms with Crippen LogP contribution in [-0.4, -0.2) is 55.3 Å². The molecule has 5 atom stereocenters. The van der Waals surface area contributed by atoms with Crippen molar-refractivity contribution in [1.82, 2.24) is 9.62 Å². The molecule has 2 bridgehead atoms. The van der Waals surface area contributed by atoms with E-state index in [0.29, 0.717) is 12.8 Å². The molecule has 2 aliphatic carbocycles. The SMILES string of the molecule is C=CCN1CC[C@]23c4c5cccc4O[C@H]2[C@H](NS(=O)(=O)Cc2ccccc2C)CC[C@@]3(O)[C@H]1C5. The number of hydrogen-bond acceptors (Lipinski definition) is 5. The van der Waals surface area contributed by atoms with Gasteiger partial charge in [-0.2, -0.15) is 0 Å². The van der Waals surface area contributed by atoms with Gasteiger partial charge in [-0.15, -0.1) is 6.58 Å². The molecule has 1 saturated heterocycles. The predicted molar refractivity (Wildman–Crippen MR) is 131 cm³/mol. The average Bonchev–Trinajstić information content (AvgIpc) is 3.14. The van der Waals surface area contributed by atoms with E-state index in [9.17, 15) is 13.5 Å². The van der Waals surface area contributed by atoms with Crippen molar-refractivity contribution in [3.05, 3.63) is 77.4 Å². The molecule has 2 fully saturated rings. The summed E-state index contributed by atoms with van der Waals surface area (Å²) in [6, 6.07) is 13.3. The van der Waals surface area contributed by atoms with Crippen molar-refractivity contribution >= 4 is 10.0 Å². The Bertz CT molecular complexity index is 1260. The summed E-state index contributed by atoms with van der Waals surface area (Å²) in [5.74, 6) is 0.746. The van der Waals surface area contributed by atoms with E-state index in [-0.39, 0.29) is 17.8 Å². The minimum atomic E-state index is -3.60. The van der Waals surface area contributed by atoms with Crippen LogP contribution in [0.4, 0.5) is 0 Å². The molecule has 6 nitrogen and oxygen atoms in total. The van der Waals surface area contributed by atoms with Crippen LogP contribution in [-0.2, 0) is 27.6 Å². The van der Waals surface area contributed by atoms with Crippen LogP contribution in [0.2, 0.25) is 0 Å². The van der Waals surface area contributed by atoms with Crippen LogP contribution in [0.1, 0.15) is 41.5 Å². The van der Waals surface area contributed by atoms with E-state index in [1.165, 1.54) is 5.56 Å². The quantitative estimate of drug-likeness (QED) is 0.622. The Labute approximate surface area is 201 Å². The van der Waals surface area contributed by atoms with Crippen molar-refractivity contribution in [1.29, 1.82) is 0 Å². The summed E-state index contributed by atoms with van der Waals surface area (Å²) in [4.78, 5) is 2.34. The van der Waals surface area contributed by atoms with Gasteiger partial charge in [-0.3, -0.25) is 4.90 Å². The Hall–Kier alpha value is -2.19. The van der Waals surface area contributed by atoms with Gasteiger partial charge in [-0.05, 0) is 61.9 Å². The lowest BCUT2D eigenvalue weighted by molar-refractivity contribution is -0.188. The molecule has 1 saturated carbocycles. The highest BCUT2D eigenvalue weighted by Crippen LogP contribution is 2.63. The van der Waals surface area contributed by atoms with E-state index in [0.717, 1.165) is 48.4 Å². The highest BCUT2D eigenvalue weighted by atomic mass is 32.2. The fourth-order valence-corrected chi connectivity index (χ4v) is 8.87. The minimum Gasteiger partial charge on any atom is -0.487 e. The molecule has 2 heterocycles. The number of piperidine rings is 1. The zero-order valence-corrected chi connectivity index (χ0v) is 20.4. The van der Waals surface area contributed by atoms with E-state index < -0.39 is 27.1 Å². The number of hydrogen-bond donors (Lipinski definition) is 2. The molecule has 180 valence electrons. The van der Waals surface area contributed by atoms with Gasteiger partial charge in [-0.1, -0.05) is 42.5 Å². The Balaban J connectivity index is 1.38. The molecular weight excluding hydrogens is 448 g/mol. The molecule has 34 heavy (non-hydrogen) atoms. The minimum absolute atomic E-state index is 0.0317. The molecule has 0 unspecified atom stereocenters. The topological polar surface area (TPSA) is 78.9 Å². The Kier molecular flexibility index (Phi) is 5.02. The van der Waals surface area contributed by atoms with E-state index >= 15 is 0 Å². The summed E-state index contributed by atoms with van der Waals surface area (Å²) in [7, 11) is -3.60. The average molecular weight is 481 g/mol. The largest absolute Gasteiger partial charge is 0.487 e. The first kappa shape index (κ1) is 22.3. The molecule has 0 aromatic heterocycles. The van der Waals surface area contributed by atoms with Crippen molar-refractivity contribution < 1.29 is 18.3 Å². The third-order valence-corrected chi connectivity index (χ3v) is 10.1. The van der Waals surface area contributed by atoms with Crippen molar-refractivity contribution in [3.63, 3.8) is 0 Å². The summed E-state index contributed by atoms with van der Waals surface area (Å²) in [5.41, 5.74) is 2.52.